The van der Waals surface area contributed by atoms with Gasteiger partial charge in [-0.2, -0.15) is 5.10 Å². The van der Waals surface area contributed by atoms with E-state index in [1.165, 1.54) is 0 Å². The Morgan fingerprint density at radius 3 is 2.64 bits per heavy atom. The van der Waals surface area contributed by atoms with Gasteiger partial charge in [0.1, 0.15) is 0 Å². The molecule has 2 atom stereocenters. The van der Waals surface area contributed by atoms with E-state index in [4.69, 9.17) is 0 Å². The first kappa shape index (κ1) is 16.0. The average molecular weight is 302 g/mol. The number of aromatic nitrogens is 2. The molecule has 0 aliphatic rings. The number of aliphatic hydroxyl groups is 1. The van der Waals surface area contributed by atoms with Gasteiger partial charge in [-0.3, -0.25) is 4.68 Å². The van der Waals surface area contributed by atoms with Gasteiger partial charge in [0.25, 0.3) is 0 Å². The van der Waals surface area contributed by atoms with Gasteiger partial charge in [-0.15, -0.1) is 0 Å². The zero-order valence-electron chi connectivity index (χ0n) is 12.9. The third-order valence-electron chi connectivity index (χ3n) is 3.45. The van der Waals surface area contributed by atoms with E-state index >= 15 is 0 Å². The second-order valence-electron chi connectivity index (χ2n) is 5.36. The number of carbonyl (C=O) groups excluding carboxylic acids is 1. The second kappa shape index (κ2) is 7.61. The van der Waals surface area contributed by atoms with Crippen LogP contribution < -0.4 is 10.6 Å². The van der Waals surface area contributed by atoms with Gasteiger partial charge in [-0.25, -0.2) is 4.79 Å². The highest BCUT2D eigenvalue weighted by atomic mass is 16.3. The molecule has 2 rings (SSSR count). The maximum atomic E-state index is 12.0. The number of carbonyl (C=O) groups is 1. The number of hydrogen-bond acceptors (Lipinski definition) is 3. The van der Waals surface area contributed by atoms with Crippen molar-refractivity contribution in [2.75, 3.05) is 6.61 Å². The predicted octanol–water partition coefficient (Wildman–Crippen LogP) is 1.38. The zero-order chi connectivity index (χ0) is 15.9. The van der Waals surface area contributed by atoms with Crippen molar-refractivity contribution in [3.8, 4) is 0 Å². The normalized spacial score (nSPS) is 13.4. The van der Waals surface area contributed by atoms with Crippen LogP contribution in [-0.4, -0.2) is 33.6 Å². The van der Waals surface area contributed by atoms with Gasteiger partial charge in [0.2, 0.25) is 0 Å². The largest absolute Gasteiger partial charge is 0.394 e. The van der Waals surface area contributed by atoms with E-state index in [0.29, 0.717) is 6.42 Å². The molecule has 118 valence electrons. The smallest absolute Gasteiger partial charge is 0.315 e. The van der Waals surface area contributed by atoms with Crippen LogP contribution in [0.3, 0.4) is 0 Å². The quantitative estimate of drug-likeness (QED) is 0.754. The Morgan fingerprint density at radius 1 is 1.32 bits per heavy atom. The molecule has 0 aliphatic carbocycles. The summed E-state index contributed by atoms with van der Waals surface area (Å²) < 4.78 is 1.69. The van der Waals surface area contributed by atoms with Gasteiger partial charge in [-0.1, -0.05) is 30.3 Å². The number of aliphatic hydroxyl groups excluding tert-OH is 1. The average Bonchev–Trinajstić information content (AvgIpc) is 2.94. The third-order valence-corrected chi connectivity index (χ3v) is 3.45. The van der Waals surface area contributed by atoms with Gasteiger partial charge < -0.3 is 15.7 Å². The highest BCUT2D eigenvalue weighted by Gasteiger charge is 2.15. The van der Waals surface area contributed by atoms with Gasteiger partial charge in [-0.05, 0) is 18.9 Å². The van der Waals surface area contributed by atoms with Crippen LogP contribution >= 0.6 is 0 Å². The molecule has 0 aliphatic heterocycles. The first-order valence-corrected chi connectivity index (χ1v) is 7.29. The van der Waals surface area contributed by atoms with E-state index < -0.39 is 0 Å². The van der Waals surface area contributed by atoms with Crippen LogP contribution in [0.1, 0.15) is 24.1 Å². The highest BCUT2D eigenvalue weighted by molar-refractivity contribution is 5.74. The Balaban J connectivity index is 1.86. The van der Waals surface area contributed by atoms with Gasteiger partial charge >= 0.3 is 6.03 Å². The molecule has 1 aromatic carbocycles. The first-order valence-electron chi connectivity index (χ1n) is 7.29. The standard InChI is InChI=1S/C16H22N4O2/c1-12(14-9-17-20(2)10-14)18-16(22)19-15(11-21)8-13-6-4-3-5-7-13/h3-7,9-10,12,15,21H,8,11H2,1-2H3,(H2,18,19,22). The fourth-order valence-corrected chi connectivity index (χ4v) is 2.23. The molecule has 0 radical (unpaired) electrons. The molecule has 0 saturated carbocycles. The number of urea groups is 1. The number of rotatable bonds is 6. The molecule has 1 heterocycles. The summed E-state index contributed by atoms with van der Waals surface area (Å²) in [5.74, 6) is 0. The van der Waals surface area contributed by atoms with Crippen LogP contribution in [0.25, 0.3) is 0 Å². The fourth-order valence-electron chi connectivity index (χ4n) is 2.23. The molecular weight excluding hydrogens is 280 g/mol. The van der Waals surface area contributed by atoms with Crippen LogP contribution in [-0.2, 0) is 13.5 Å². The van der Waals surface area contributed by atoms with Crippen LogP contribution in [0.15, 0.2) is 42.7 Å². The van der Waals surface area contributed by atoms with Crippen molar-refractivity contribution in [1.29, 1.82) is 0 Å². The number of hydrogen-bond donors (Lipinski definition) is 3. The molecule has 2 unspecified atom stereocenters. The lowest BCUT2D eigenvalue weighted by Crippen LogP contribution is -2.45. The minimum atomic E-state index is -0.316. The van der Waals surface area contributed by atoms with Crippen molar-refractivity contribution in [2.45, 2.75) is 25.4 Å². The van der Waals surface area contributed by atoms with Crippen molar-refractivity contribution >= 4 is 6.03 Å². The third kappa shape index (κ3) is 4.60. The molecular formula is C16H22N4O2. The van der Waals surface area contributed by atoms with E-state index in [0.717, 1.165) is 11.1 Å². The minimum absolute atomic E-state index is 0.108. The zero-order valence-corrected chi connectivity index (χ0v) is 12.9. The second-order valence-corrected chi connectivity index (χ2v) is 5.36. The van der Waals surface area contributed by atoms with E-state index in [1.807, 2.05) is 50.5 Å². The molecule has 1 aromatic heterocycles. The van der Waals surface area contributed by atoms with Crippen molar-refractivity contribution in [3.05, 3.63) is 53.9 Å². The lowest BCUT2D eigenvalue weighted by molar-refractivity contribution is 0.213. The molecule has 0 saturated heterocycles. The topological polar surface area (TPSA) is 79.2 Å². The Morgan fingerprint density at radius 2 is 2.05 bits per heavy atom. The number of amides is 2. The van der Waals surface area contributed by atoms with E-state index in [1.54, 1.807) is 10.9 Å². The highest BCUT2D eigenvalue weighted by Crippen LogP contribution is 2.10. The predicted molar refractivity (Wildman–Crippen MR) is 84.3 cm³/mol. The molecule has 0 spiro atoms. The number of nitrogens with one attached hydrogen (secondary N) is 2. The molecule has 2 amide bonds. The molecule has 6 nitrogen and oxygen atoms in total. The summed E-state index contributed by atoms with van der Waals surface area (Å²) in [5.41, 5.74) is 2.00. The van der Waals surface area contributed by atoms with Crippen molar-refractivity contribution in [2.24, 2.45) is 7.05 Å². The molecule has 0 fully saturated rings. The Labute approximate surface area is 130 Å². The van der Waals surface area contributed by atoms with Crippen LogP contribution in [0.2, 0.25) is 0 Å². The maximum Gasteiger partial charge on any atom is 0.315 e. The molecule has 3 N–H and O–H groups in total. The summed E-state index contributed by atoms with van der Waals surface area (Å²) in [6.07, 6.45) is 4.17. The Hall–Kier alpha value is -2.34. The Bertz CT molecular complexity index is 597. The number of nitrogens with zero attached hydrogens (tertiary/aromatic N) is 2. The summed E-state index contributed by atoms with van der Waals surface area (Å²) in [7, 11) is 1.83. The summed E-state index contributed by atoms with van der Waals surface area (Å²) in [5, 5.41) is 19.2. The van der Waals surface area contributed by atoms with Crippen LogP contribution in [0.5, 0.6) is 0 Å². The fraction of sp³-hybridized carbons (Fsp3) is 0.375. The van der Waals surface area contributed by atoms with Crippen molar-refractivity contribution in [1.82, 2.24) is 20.4 Å². The first-order chi connectivity index (χ1) is 10.6. The van der Waals surface area contributed by atoms with Gasteiger partial charge in [0.15, 0.2) is 0 Å². The molecule has 6 heteroatoms. The lowest BCUT2D eigenvalue weighted by Gasteiger charge is -2.19. The van der Waals surface area contributed by atoms with E-state index in [-0.39, 0.29) is 24.7 Å². The summed E-state index contributed by atoms with van der Waals surface area (Å²) in [6.45, 7) is 1.78. The minimum Gasteiger partial charge on any atom is -0.394 e. The maximum absolute atomic E-state index is 12.0. The van der Waals surface area contributed by atoms with Crippen molar-refractivity contribution < 1.29 is 9.90 Å². The number of benzene rings is 1. The Kier molecular flexibility index (Phi) is 5.55. The van der Waals surface area contributed by atoms with Crippen LogP contribution in [0.4, 0.5) is 4.79 Å². The SMILES string of the molecule is CC(NC(=O)NC(CO)Cc1ccccc1)c1cnn(C)c1. The van der Waals surface area contributed by atoms with Crippen molar-refractivity contribution in [3.63, 3.8) is 0 Å². The molecule has 0 bridgehead atoms. The van der Waals surface area contributed by atoms with E-state index in [9.17, 15) is 9.90 Å². The number of aryl methyl sites for hydroxylation is 1. The van der Waals surface area contributed by atoms with E-state index in [2.05, 4.69) is 15.7 Å². The van der Waals surface area contributed by atoms with Gasteiger partial charge in [0.05, 0.1) is 24.9 Å². The summed E-state index contributed by atoms with van der Waals surface area (Å²) >= 11 is 0. The van der Waals surface area contributed by atoms with Gasteiger partial charge in [0, 0.05) is 18.8 Å². The lowest BCUT2D eigenvalue weighted by atomic mass is 10.1. The summed E-state index contributed by atoms with van der Waals surface area (Å²) in [4.78, 5) is 12.0. The monoisotopic (exact) mass is 302 g/mol. The van der Waals surface area contributed by atoms with Crippen LogP contribution in [0, 0.1) is 0 Å². The molecule has 22 heavy (non-hydrogen) atoms. The molecule has 2 aromatic rings. The summed E-state index contributed by atoms with van der Waals surface area (Å²) in [6, 6.07) is 9.00.